The molecule has 1 aliphatic heterocycles. The molecule has 31 heavy (non-hydrogen) atoms. The van der Waals surface area contributed by atoms with Gasteiger partial charge >= 0.3 is 0 Å². The summed E-state index contributed by atoms with van der Waals surface area (Å²) in [7, 11) is 0. The van der Waals surface area contributed by atoms with Gasteiger partial charge in [-0.1, -0.05) is 29.4 Å². The molecule has 162 valence electrons. The van der Waals surface area contributed by atoms with Crippen LogP contribution in [0, 0.1) is 6.92 Å². The van der Waals surface area contributed by atoms with Crippen LogP contribution in [0.5, 0.6) is 0 Å². The van der Waals surface area contributed by atoms with Crippen molar-refractivity contribution in [3.63, 3.8) is 0 Å². The van der Waals surface area contributed by atoms with Crippen molar-refractivity contribution in [1.29, 1.82) is 0 Å². The van der Waals surface area contributed by atoms with Gasteiger partial charge in [-0.25, -0.2) is 0 Å². The van der Waals surface area contributed by atoms with Crippen molar-refractivity contribution < 1.29 is 4.79 Å². The highest BCUT2D eigenvalue weighted by Gasteiger charge is 2.29. The van der Waals surface area contributed by atoms with Crippen molar-refractivity contribution in [3.8, 4) is 17.1 Å². The molecule has 1 fully saturated rings. The van der Waals surface area contributed by atoms with E-state index in [1.165, 1.54) is 18.2 Å². The van der Waals surface area contributed by atoms with E-state index in [2.05, 4.69) is 29.0 Å². The average Bonchev–Trinajstić information content (AvgIpc) is 3.18. The molecule has 3 heterocycles. The quantitative estimate of drug-likeness (QED) is 0.496. The number of carbonyl (C=O) groups is 1. The third-order valence-electron chi connectivity index (χ3n) is 5.86. The highest BCUT2D eigenvalue weighted by atomic mass is 35.5. The van der Waals surface area contributed by atoms with Crippen LogP contribution < -0.4 is 0 Å². The van der Waals surface area contributed by atoms with Gasteiger partial charge in [0, 0.05) is 35.1 Å². The lowest BCUT2D eigenvalue weighted by atomic mass is 9.98. The number of piperidine rings is 1. The van der Waals surface area contributed by atoms with Crippen molar-refractivity contribution >= 4 is 29.3 Å². The molecule has 1 amide bonds. The van der Waals surface area contributed by atoms with Crippen molar-refractivity contribution in [3.05, 3.63) is 53.3 Å². The van der Waals surface area contributed by atoms with E-state index in [9.17, 15) is 4.79 Å². The summed E-state index contributed by atoms with van der Waals surface area (Å²) in [5, 5.41) is 10.2. The Hall–Kier alpha value is -2.38. The molecular weight excluding hydrogens is 430 g/mol. The van der Waals surface area contributed by atoms with Crippen molar-refractivity contribution in [2.24, 2.45) is 0 Å². The lowest BCUT2D eigenvalue weighted by molar-refractivity contribution is -0.134. The monoisotopic (exact) mass is 455 g/mol. The topological polar surface area (TPSA) is 63.9 Å². The van der Waals surface area contributed by atoms with Crippen LogP contribution in [0.3, 0.4) is 0 Å². The largest absolute Gasteiger partial charge is 0.337 e. The smallest absolute Gasteiger partial charge is 0.233 e. The van der Waals surface area contributed by atoms with Gasteiger partial charge in [-0.2, -0.15) is 0 Å². The number of aromatic nitrogens is 4. The van der Waals surface area contributed by atoms with Gasteiger partial charge in [0.05, 0.1) is 11.4 Å². The van der Waals surface area contributed by atoms with Crippen LogP contribution in [0.15, 0.2) is 47.9 Å². The van der Waals surface area contributed by atoms with Crippen molar-refractivity contribution in [1.82, 2.24) is 24.6 Å². The van der Waals surface area contributed by atoms with E-state index in [1.54, 1.807) is 12.4 Å². The number of rotatable bonds is 5. The molecule has 0 saturated carbocycles. The van der Waals surface area contributed by atoms with Gasteiger partial charge < -0.3 is 4.90 Å². The number of hydrogen-bond acceptors (Lipinski definition) is 5. The number of thioether (sulfide) groups is 1. The molecule has 1 aromatic carbocycles. The summed E-state index contributed by atoms with van der Waals surface area (Å²) < 4.78 is 1.98. The Morgan fingerprint density at radius 3 is 2.55 bits per heavy atom. The molecule has 0 aliphatic carbocycles. The molecule has 0 bridgehead atoms. The van der Waals surface area contributed by atoms with Crippen LogP contribution in [0.25, 0.3) is 17.1 Å². The number of hydrogen-bond donors (Lipinski definition) is 0. The van der Waals surface area contributed by atoms with Crippen LogP contribution >= 0.6 is 23.4 Å². The minimum atomic E-state index is 0.146. The Kier molecular flexibility index (Phi) is 6.62. The lowest BCUT2D eigenvalue weighted by Crippen LogP contribution is -2.48. The Morgan fingerprint density at radius 1 is 1.13 bits per heavy atom. The third kappa shape index (κ3) is 4.48. The Labute approximate surface area is 192 Å². The van der Waals surface area contributed by atoms with Crippen LogP contribution in [-0.2, 0) is 4.79 Å². The summed E-state index contributed by atoms with van der Waals surface area (Å²) in [5.41, 5.74) is 2.74. The number of pyridine rings is 1. The maximum atomic E-state index is 13.1. The van der Waals surface area contributed by atoms with Gasteiger partial charge in [0.2, 0.25) is 5.91 Å². The zero-order chi connectivity index (χ0) is 22.0. The molecule has 1 saturated heterocycles. The fraction of sp³-hybridized carbons (Fsp3) is 0.391. The molecule has 4 rings (SSSR count). The molecule has 0 N–H and O–H groups in total. The highest BCUT2D eigenvalue weighted by molar-refractivity contribution is 7.99. The van der Waals surface area contributed by atoms with Gasteiger partial charge in [-0.05, 0) is 69.9 Å². The summed E-state index contributed by atoms with van der Waals surface area (Å²) in [6, 6.07) is 10.1. The van der Waals surface area contributed by atoms with E-state index in [1.807, 2.05) is 46.7 Å². The lowest BCUT2D eigenvalue weighted by Gasteiger charge is -2.39. The zero-order valence-electron chi connectivity index (χ0n) is 18.0. The molecule has 8 heteroatoms. The average molecular weight is 456 g/mol. The van der Waals surface area contributed by atoms with Crippen LogP contribution in [0.1, 0.15) is 38.7 Å². The van der Waals surface area contributed by atoms with E-state index in [0.717, 1.165) is 29.7 Å². The molecular formula is C23H26ClN5OS. The van der Waals surface area contributed by atoms with Gasteiger partial charge in [0.25, 0.3) is 0 Å². The first-order valence-electron chi connectivity index (χ1n) is 10.5. The normalized spacial score (nSPS) is 18.9. The van der Waals surface area contributed by atoms with Gasteiger partial charge in [0.15, 0.2) is 11.0 Å². The molecule has 2 atom stereocenters. The van der Waals surface area contributed by atoms with Gasteiger partial charge in [0.1, 0.15) is 0 Å². The first-order chi connectivity index (χ1) is 15.0. The summed E-state index contributed by atoms with van der Waals surface area (Å²) >= 11 is 7.83. The molecule has 0 spiro atoms. The second-order valence-corrected chi connectivity index (χ2v) is 9.33. The number of halogens is 1. The van der Waals surface area contributed by atoms with Gasteiger partial charge in [-0.3, -0.25) is 14.3 Å². The van der Waals surface area contributed by atoms with Crippen molar-refractivity contribution in [2.45, 2.75) is 57.3 Å². The predicted molar refractivity (Wildman–Crippen MR) is 125 cm³/mol. The van der Waals surface area contributed by atoms with Gasteiger partial charge in [-0.15, -0.1) is 10.2 Å². The first kappa shape index (κ1) is 21.8. The van der Waals surface area contributed by atoms with Crippen LogP contribution in [0.2, 0.25) is 5.02 Å². The minimum Gasteiger partial charge on any atom is -0.337 e. The summed E-state index contributed by atoms with van der Waals surface area (Å²) in [6.07, 6.45) is 6.76. The maximum Gasteiger partial charge on any atom is 0.233 e. The second-order valence-electron chi connectivity index (χ2n) is 7.98. The van der Waals surface area contributed by atoms with E-state index in [4.69, 9.17) is 11.6 Å². The first-order valence-corrected chi connectivity index (χ1v) is 11.9. The molecule has 1 aliphatic rings. The van der Waals surface area contributed by atoms with E-state index < -0.39 is 0 Å². The Balaban J connectivity index is 1.67. The predicted octanol–water partition coefficient (Wildman–Crippen LogP) is 5.17. The Morgan fingerprint density at radius 2 is 1.84 bits per heavy atom. The number of nitrogens with zero attached hydrogens (tertiary/aromatic N) is 5. The highest BCUT2D eigenvalue weighted by Crippen LogP contribution is 2.32. The Bertz CT molecular complexity index is 1060. The summed E-state index contributed by atoms with van der Waals surface area (Å²) in [6.45, 7) is 6.25. The van der Waals surface area contributed by atoms with Crippen LogP contribution in [0.4, 0.5) is 0 Å². The zero-order valence-corrected chi connectivity index (χ0v) is 19.5. The number of carbonyl (C=O) groups excluding carboxylic acids is 1. The summed E-state index contributed by atoms with van der Waals surface area (Å²) in [5.74, 6) is 1.16. The number of benzene rings is 1. The fourth-order valence-electron chi connectivity index (χ4n) is 4.22. The second kappa shape index (κ2) is 9.40. The molecule has 2 aromatic heterocycles. The third-order valence-corrected chi connectivity index (χ3v) is 7.18. The van der Waals surface area contributed by atoms with E-state index in [-0.39, 0.29) is 18.0 Å². The standard InChI is InChI=1S/C23H26ClN5OS/c1-15-6-4-7-16(2)28(15)21(30)14-31-23-27-26-22(18-10-12-25-13-11-18)29(23)20-9-5-8-19(24)17(20)3/h5,8-13,15-16H,4,6-7,14H2,1-3H3/t15-,16-/m0/s1. The van der Waals surface area contributed by atoms with Crippen LogP contribution in [-0.4, -0.2) is 48.4 Å². The molecule has 6 nitrogen and oxygen atoms in total. The fourth-order valence-corrected chi connectivity index (χ4v) is 5.20. The number of amides is 1. The SMILES string of the molecule is Cc1c(Cl)cccc1-n1c(SCC(=O)N2[C@@H](C)CCC[C@@H]2C)nnc1-c1ccncc1. The summed E-state index contributed by atoms with van der Waals surface area (Å²) in [4.78, 5) is 19.2. The minimum absolute atomic E-state index is 0.146. The number of likely N-dealkylation sites (tertiary alicyclic amines) is 1. The van der Waals surface area contributed by atoms with Crippen molar-refractivity contribution in [2.75, 3.05) is 5.75 Å². The molecule has 0 radical (unpaired) electrons. The maximum absolute atomic E-state index is 13.1. The van der Waals surface area contributed by atoms with E-state index >= 15 is 0 Å². The van der Waals surface area contributed by atoms with E-state index in [0.29, 0.717) is 21.8 Å². The molecule has 3 aromatic rings. The molecule has 0 unspecified atom stereocenters.